The topological polar surface area (TPSA) is 52.9 Å². The van der Waals surface area contributed by atoms with Crippen molar-refractivity contribution in [1.29, 1.82) is 5.26 Å². The molecule has 0 radical (unpaired) electrons. The zero-order valence-corrected chi connectivity index (χ0v) is 13.0. The summed E-state index contributed by atoms with van der Waals surface area (Å²) >= 11 is 0. The van der Waals surface area contributed by atoms with Crippen molar-refractivity contribution in [3.05, 3.63) is 35.4 Å². The van der Waals surface area contributed by atoms with Gasteiger partial charge in [-0.2, -0.15) is 5.26 Å². The molecular weight excluding hydrogens is 260 g/mol. The van der Waals surface area contributed by atoms with Gasteiger partial charge in [-0.25, -0.2) is 0 Å². The van der Waals surface area contributed by atoms with Gasteiger partial charge in [0, 0.05) is 12.5 Å². The van der Waals surface area contributed by atoms with Crippen molar-refractivity contribution in [3.8, 4) is 6.07 Å². The Hall–Kier alpha value is -1.82. The first-order valence-corrected chi connectivity index (χ1v) is 7.94. The predicted octanol–water partition coefficient (Wildman–Crippen LogP) is 3.55. The first kappa shape index (κ1) is 15.6. The van der Waals surface area contributed by atoms with Gasteiger partial charge in [-0.15, -0.1) is 0 Å². The third kappa shape index (κ3) is 3.10. The molecule has 1 N–H and O–H groups in total. The van der Waals surface area contributed by atoms with Crippen molar-refractivity contribution in [2.24, 2.45) is 5.41 Å². The normalized spacial score (nSPS) is 16.5. The Morgan fingerprint density at radius 1 is 1.33 bits per heavy atom. The lowest BCUT2D eigenvalue weighted by Crippen LogP contribution is -2.43. The van der Waals surface area contributed by atoms with Gasteiger partial charge in [0.2, 0.25) is 5.91 Å². The largest absolute Gasteiger partial charge is 0.354 e. The molecule has 1 amide bonds. The smallest absolute Gasteiger partial charge is 0.240 e. The molecule has 2 rings (SSSR count). The molecule has 21 heavy (non-hydrogen) atoms. The van der Waals surface area contributed by atoms with Gasteiger partial charge in [0.15, 0.2) is 0 Å². The average molecular weight is 284 g/mol. The van der Waals surface area contributed by atoms with Crippen molar-refractivity contribution in [2.45, 2.75) is 51.9 Å². The highest BCUT2D eigenvalue weighted by molar-refractivity contribution is 5.85. The summed E-state index contributed by atoms with van der Waals surface area (Å²) in [4.78, 5) is 12.5. The second-order valence-electron chi connectivity index (χ2n) is 6.00. The maximum absolute atomic E-state index is 12.5. The van der Waals surface area contributed by atoms with Crippen LogP contribution in [0.15, 0.2) is 24.3 Å². The number of hydrogen-bond donors (Lipinski definition) is 1. The van der Waals surface area contributed by atoms with Gasteiger partial charge in [-0.3, -0.25) is 4.79 Å². The molecule has 1 atom stereocenters. The quantitative estimate of drug-likeness (QED) is 0.832. The molecule has 1 aliphatic rings. The summed E-state index contributed by atoms with van der Waals surface area (Å²) in [6.07, 6.45) is 4.02. The zero-order valence-electron chi connectivity index (χ0n) is 13.0. The molecule has 0 bridgehead atoms. The van der Waals surface area contributed by atoms with E-state index >= 15 is 0 Å². The van der Waals surface area contributed by atoms with E-state index in [1.807, 2.05) is 19.9 Å². The third-order valence-corrected chi connectivity index (χ3v) is 4.47. The van der Waals surface area contributed by atoms with E-state index in [1.165, 1.54) is 11.1 Å². The van der Waals surface area contributed by atoms with E-state index in [4.69, 9.17) is 0 Å². The third-order valence-electron chi connectivity index (χ3n) is 4.47. The van der Waals surface area contributed by atoms with E-state index in [2.05, 4.69) is 29.6 Å². The van der Waals surface area contributed by atoms with Gasteiger partial charge in [0.1, 0.15) is 5.41 Å². The lowest BCUT2D eigenvalue weighted by molar-refractivity contribution is -0.129. The van der Waals surface area contributed by atoms with E-state index < -0.39 is 5.41 Å². The molecule has 0 spiro atoms. The van der Waals surface area contributed by atoms with Crippen molar-refractivity contribution in [3.63, 3.8) is 0 Å². The molecule has 1 aromatic rings. The molecule has 0 heterocycles. The zero-order chi connectivity index (χ0) is 15.3. The van der Waals surface area contributed by atoms with Crippen LogP contribution in [0.5, 0.6) is 0 Å². The minimum absolute atomic E-state index is 0.0851. The van der Waals surface area contributed by atoms with Gasteiger partial charge in [-0.05, 0) is 30.4 Å². The molecule has 1 aromatic carbocycles. The van der Waals surface area contributed by atoms with Crippen LogP contribution in [0.2, 0.25) is 0 Å². The van der Waals surface area contributed by atoms with E-state index in [9.17, 15) is 10.1 Å². The van der Waals surface area contributed by atoms with Crippen LogP contribution in [-0.2, 0) is 11.2 Å². The number of fused-ring (bicyclic) bond motifs is 1. The Morgan fingerprint density at radius 2 is 2.00 bits per heavy atom. The number of carbonyl (C=O) groups is 1. The number of nitrogens with one attached hydrogen (secondary N) is 1. The highest BCUT2D eigenvalue weighted by Gasteiger charge is 2.37. The van der Waals surface area contributed by atoms with E-state index in [-0.39, 0.29) is 5.91 Å². The molecule has 1 unspecified atom stereocenters. The Balaban J connectivity index is 1.96. The van der Waals surface area contributed by atoms with Gasteiger partial charge >= 0.3 is 0 Å². The molecule has 0 aromatic heterocycles. The van der Waals surface area contributed by atoms with Crippen molar-refractivity contribution >= 4 is 5.91 Å². The summed E-state index contributed by atoms with van der Waals surface area (Å²) in [5.41, 5.74) is 1.88. The van der Waals surface area contributed by atoms with Crippen LogP contribution in [0.25, 0.3) is 0 Å². The van der Waals surface area contributed by atoms with Crippen LogP contribution in [0.1, 0.15) is 56.6 Å². The number of hydrogen-bond acceptors (Lipinski definition) is 2. The Kier molecular flexibility index (Phi) is 5.01. The first-order chi connectivity index (χ1) is 10.2. The fourth-order valence-electron chi connectivity index (χ4n) is 3.30. The van der Waals surface area contributed by atoms with Gasteiger partial charge in [0.05, 0.1) is 6.07 Å². The standard InChI is InChI=1S/C18H24N2O/c1-3-9-18(13-19,10-4-2)17(21)20-12-15-11-14-7-5-6-8-16(14)15/h5-8,15H,3-4,9-12H2,1-2H3,(H,20,21). The second-order valence-corrected chi connectivity index (χ2v) is 6.00. The van der Waals surface area contributed by atoms with Crippen LogP contribution in [0, 0.1) is 16.7 Å². The number of rotatable bonds is 7. The fourth-order valence-corrected chi connectivity index (χ4v) is 3.30. The molecule has 3 nitrogen and oxygen atoms in total. The van der Waals surface area contributed by atoms with Gasteiger partial charge in [-0.1, -0.05) is 51.0 Å². The van der Waals surface area contributed by atoms with Gasteiger partial charge < -0.3 is 5.32 Å². The van der Waals surface area contributed by atoms with E-state index in [0.29, 0.717) is 25.3 Å². The molecule has 0 fully saturated rings. The monoisotopic (exact) mass is 284 g/mol. The number of amides is 1. The van der Waals surface area contributed by atoms with Crippen LogP contribution >= 0.6 is 0 Å². The maximum Gasteiger partial charge on any atom is 0.240 e. The van der Waals surface area contributed by atoms with Crippen molar-refractivity contribution in [1.82, 2.24) is 5.32 Å². The summed E-state index contributed by atoms with van der Waals surface area (Å²) in [5, 5.41) is 12.5. The Bertz CT molecular complexity index is 538. The molecule has 1 aliphatic carbocycles. The van der Waals surface area contributed by atoms with Crippen LogP contribution in [0.4, 0.5) is 0 Å². The van der Waals surface area contributed by atoms with Crippen LogP contribution < -0.4 is 5.32 Å². The van der Waals surface area contributed by atoms with Crippen LogP contribution in [0.3, 0.4) is 0 Å². The molecule has 0 aliphatic heterocycles. The fraction of sp³-hybridized carbons (Fsp3) is 0.556. The summed E-state index contributed by atoms with van der Waals surface area (Å²) in [5.74, 6) is 0.322. The summed E-state index contributed by atoms with van der Waals surface area (Å²) in [6, 6.07) is 10.6. The molecule has 0 saturated heterocycles. The summed E-state index contributed by atoms with van der Waals surface area (Å²) in [6.45, 7) is 4.70. The Morgan fingerprint density at radius 3 is 2.57 bits per heavy atom. The highest BCUT2D eigenvalue weighted by Crippen LogP contribution is 2.35. The minimum Gasteiger partial charge on any atom is -0.354 e. The predicted molar refractivity (Wildman–Crippen MR) is 83.8 cm³/mol. The lowest BCUT2D eigenvalue weighted by atomic mass is 9.76. The SMILES string of the molecule is CCCC(C#N)(CCC)C(=O)NCC1Cc2ccccc21. The van der Waals surface area contributed by atoms with Crippen molar-refractivity contribution < 1.29 is 4.79 Å². The number of carbonyl (C=O) groups excluding carboxylic acids is 1. The molecule has 0 saturated carbocycles. The molecular formula is C18H24N2O. The number of nitrogens with zero attached hydrogens (tertiary/aromatic N) is 1. The highest BCUT2D eigenvalue weighted by atomic mass is 16.2. The average Bonchev–Trinajstić information content (AvgIpc) is 2.47. The van der Waals surface area contributed by atoms with E-state index in [0.717, 1.165) is 19.3 Å². The first-order valence-electron chi connectivity index (χ1n) is 7.94. The van der Waals surface area contributed by atoms with Crippen molar-refractivity contribution in [2.75, 3.05) is 6.54 Å². The minimum atomic E-state index is -0.841. The summed E-state index contributed by atoms with van der Waals surface area (Å²) < 4.78 is 0. The molecule has 3 heteroatoms. The number of nitriles is 1. The summed E-state index contributed by atoms with van der Waals surface area (Å²) in [7, 11) is 0. The maximum atomic E-state index is 12.5. The van der Waals surface area contributed by atoms with Gasteiger partial charge in [0.25, 0.3) is 0 Å². The number of benzene rings is 1. The second kappa shape index (κ2) is 6.76. The lowest BCUT2D eigenvalue weighted by Gasteiger charge is -2.32. The molecule has 112 valence electrons. The van der Waals surface area contributed by atoms with E-state index in [1.54, 1.807) is 0 Å². The Labute approximate surface area is 127 Å². The van der Waals surface area contributed by atoms with Crippen LogP contribution in [-0.4, -0.2) is 12.5 Å².